The van der Waals surface area contributed by atoms with E-state index in [0.29, 0.717) is 22.1 Å². The van der Waals surface area contributed by atoms with Crippen LogP contribution < -0.4 is 16.4 Å². The van der Waals surface area contributed by atoms with Crippen LogP contribution in [0.3, 0.4) is 0 Å². The highest BCUT2D eigenvalue weighted by atomic mass is 32.1. The van der Waals surface area contributed by atoms with Gasteiger partial charge in [0, 0.05) is 7.05 Å². The maximum atomic E-state index is 11.3. The monoisotopic (exact) mass is 239 g/mol. The third-order valence-electron chi connectivity index (χ3n) is 1.95. The van der Waals surface area contributed by atoms with Crippen LogP contribution in [-0.2, 0) is 4.74 Å². The van der Waals surface area contributed by atoms with E-state index in [1.54, 1.807) is 25.2 Å². The summed E-state index contributed by atoms with van der Waals surface area (Å²) in [6, 6.07) is 4.80. The third kappa shape index (κ3) is 2.83. The molecule has 1 rings (SSSR count). The molecular formula is C10H13N3O2S. The van der Waals surface area contributed by atoms with Crippen LogP contribution >= 0.6 is 12.2 Å². The normalized spacial score (nSPS) is 9.38. The van der Waals surface area contributed by atoms with E-state index in [-0.39, 0.29) is 0 Å². The molecule has 0 unspecified atom stereocenters. The Bertz CT molecular complexity index is 421. The molecule has 4 N–H and O–H groups in total. The van der Waals surface area contributed by atoms with Crippen molar-refractivity contribution in [1.29, 1.82) is 0 Å². The van der Waals surface area contributed by atoms with Gasteiger partial charge in [0.1, 0.15) is 0 Å². The largest absolute Gasteiger partial charge is 0.465 e. The van der Waals surface area contributed by atoms with Gasteiger partial charge in [-0.3, -0.25) is 0 Å². The summed E-state index contributed by atoms with van der Waals surface area (Å²) in [6.45, 7) is 0. The van der Waals surface area contributed by atoms with Gasteiger partial charge in [0.25, 0.3) is 0 Å². The lowest BCUT2D eigenvalue weighted by Gasteiger charge is -2.10. The highest BCUT2D eigenvalue weighted by molar-refractivity contribution is 7.80. The van der Waals surface area contributed by atoms with E-state index in [1.165, 1.54) is 7.11 Å². The number of nitrogen functional groups attached to an aromatic ring is 1. The minimum Gasteiger partial charge on any atom is -0.465 e. The Labute approximate surface area is 99.0 Å². The van der Waals surface area contributed by atoms with Crippen molar-refractivity contribution in [3.8, 4) is 0 Å². The molecule has 86 valence electrons. The molecule has 0 aliphatic carbocycles. The van der Waals surface area contributed by atoms with Crippen LogP contribution in [0.25, 0.3) is 0 Å². The van der Waals surface area contributed by atoms with Crippen molar-refractivity contribution >= 4 is 34.7 Å². The molecule has 0 heterocycles. The van der Waals surface area contributed by atoms with E-state index >= 15 is 0 Å². The van der Waals surface area contributed by atoms with Crippen LogP contribution in [0.2, 0.25) is 0 Å². The van der Waals surface area contributed by atoms with E-state index in [1.807, 2.05) is 0 Å². The topological polar surface area (TPSA) is 76.4 Å². The fourth-order valence-electron chi connectivity index (χ4n) is 1.09. The second kappa shape index (κ2) is 5.32. The lowest BCUT2D eigenvalue weighted by atomic mass is 10.2. The molecule has 16 heavy (non-hydrogen) atoms. The predicted octanol–water partition coefficient (Wildman–Crippen LogP) is 0.972. The molecule has 0 aliphatic heterocycles. The summed E-state index contributed by atoms with van der Waals surface area (Å²) in [7, 11) is 3.01. The number of carbonyl (C=O) groups is 1. The van der Waals surface area contributed by atoms with Crippen molar-refractivity contribution in [1.82, 2.24) is 5.32 Å². The van der Waals surface area contributed by atoms with Crippen LogP contribution in [0.15, 0.2) is 18.2 Å². The van der Waals surface area contributed by atoms with Gasteiger partial charge in [0.05, 0.1) is 24.0 Å². The summed E-state index contributed by atoms with van der Waals surface area (Å²) in [5.74, 6) is -0.418. The fourth-order valence-corrected chi connectivity index (χ4v) is 1.20. The first-order chi connectivity index (χ1) is 7.58. The fraction of sp³-hybridized carbons (Fsp3) is 0.200. The Morgan fingerprint density at radius 3 is 2.75 bits per heavy atom. The smallest absolute Gasteiger partial charge is 0.337 e. The molecule has 0 saturated heterocycles. The predicted molar refractivity (Wildman–Crippen MR) is 67.5 cm³/mol. The molecule has 0 atom stereocenters. The number of nitrogens with one attached hydrogen (secondary N) is 2. The third-order valence-corrected chi connectivity index (χ3v) is 2.26. The number of thiocarbonyl (C=S) groups is 1. The Morgan fingerprint density at radius 1 is 1.50 bits per heavy atom. The molecular weight excluding hydrogens is 226 g/mol. The quantitative estimate of drug-likeness (QED) is 0.405. The molecule has 0 amide bonds. The summed E-state index contributed by atoms with van der Waals surface area (Å²) in [5, 5.41) is 6.04. The van der Waals surface area contributed by atoms with Gasteiger partial charge < -0.3 is 21.1 Å². The maximum absolute atomic E-state index is 11.3. The number of hydrogen-bond acceptors (Lipinski definition) is 4. The van der Waals surface area contributed by atoms with Gasteiger partial charge in [0.2, 0.25) is 0 Å². The molecule has 0 fully saturated rings. The highest BCUT2D eigenvalue weighted by Crippen LogP contribution is 2.20. The first-order valence-corrected chi connectivity index (χ1v) is 4.96. The number of hydrogen-bond donors (Lipinski definition) is 3. The van der Waals surface area contributed by atoms with Crippen molar-refractivity contribution < 1.29 is 9.53 Å². The lowest BCUT2D eigenvalue weighted by Crippen LogP contribution is -2.24. The van der Waals surface area contributed by atoms with Crippen molar-refractivity contribution in [2.24, 2.45) is 0 Å². The van der Waals surface area contributed by atoms with Gasteiger partial charge >= 0.3 is 5.97 Å². The lowest BCUT2D eigenvalue weighted by molar-refractivity contribution is 0.0601. The Hall–Kier alpha value is -1.82. The summed E-state index contributed by atoms with van der Waals surface area (Å²) in [6.07, 6.45) is 0. The van der Waals surface area contributed by atoms with E-state index in [2.05, 4.69) is 15.4 Å². The Morgan fingerprint density at radius 2 is 2.19 bits per heavy atom. The Kier molecular flexibility index (Phi) is 4.07. The second-order valence-electron chi connectivity index (χ2n) is 3.00. The number of nitrogens with two attached hydrogens (primary N) is 1. The van der Waals surface area contributed by atoms with Crippen LogP contribution in [0, 0.1) is 0 Å². The van der Waals surface area contributed by atoms with Gasteiger partial charge in [-0.15, -0.1) is 0 Å². The van der Waals surface area contributed by atoms with Crippen molar-refractivity contribution in [2.75, 3.05) is 25.2 Å². The number of anilines is 2. The first kappa shape index (κ1) is 12.3. The zero-order valence-corrected chi connectivity index (χ0v) is 9.85. The molecule has 0 aliphatic rings. The minimum atomic E-state index is -0.418. The molecule has 1 aromatic carbocycles. The summed E-state index contributed by atoms with van der Waals surface area (Å²) < 4.78 is 4.61. The summed E-state index contributed by atoms with van der Waals surface area (Å²) in [4.78, 5) is 11.3. The number of rotatable bonds is 2. The average molecular weight is 239 g/mol. The van der Waals surface area contributed by atoms with Crippen LogP contribution in [0.4, 0.5) is 11.4 Å². The number of esters is 1. The SMILES string of the molecule is CNC(=S)Nc1cc(C(=O)OC)ccc1N. The van der Waals surface area contributed by atoms with E-state index < -0.39 is 5.97 Å². The van der Waals surface area contributed by atoms with Crippen LogP contribution in [0.1, 0.15) is 10.4 Å². The number of carbonyl (C=O) groups excluding carboxylic acids is 1. The average Bonchev–Trinajstić information content (AvgIpc) is 2.30. The minimum absolute atomic E-state index is 0.415. The summed E-state index contributed by atoms with van der Waals surface area (Å²) in [5.41, 5.74) is 7.22. The molecule has 6 heteroatoms. The number of ether oxygens (including phenoxy) is 1. The van der Waals surface area contributed by atoms with Gasteiger partial charge in [-0.25, -0.2) is 4.79 Å². The van der Waals surface area contributed by atoms with Gasteiger partial charge in [-0.1, -0.05) is 0 Å². The van der Waals surface area contributed by atoms with E-state index in [9.17, 15) is 4.79 Å². The van der Waals surface area contributed by atoms with Gasteiger partial charge in [-0.2, -0.15) is 0 Å². The maximum Gasteiger partial charge on any atom is 0.337 e. The highest BCUT2D eigenvalue weighted by Gasteiger charge is 2.08. The molecule has 0 aromatic heterocycles. The molecule has 1 aromatic rings. The Balaban J connectivity index is 2.99. The first-order valence-electron chi connectivity index (χ1n) is 4.55. The summed E-state index contributed by atoms with van der Waals surface area (Å²) >= 11 is 4.94. The molecule has 0 spiro atoms. The molecule has 0 bridgehead atoms. The second-order valence-corrected chi connectivity index (χ2v) is 3.41. The van der Waals surface area contributed by atoms with Crippen LogP contribution in [0.5, 0.6) is 0 Å². The zero-order valence-electron chi connectivity index (χ0n) is 9.03. The van der Waals surface area contributed by atoms with Gasteiger partial charge in [-0.05, 0) is 30.4 Å². The van der Waals surface area contributed by atoms with Crippen molar-refractivity contribution in [2.45, 2.75) is 0 Å². The van der Waals surface area contributed by atoms with Crippen LogP contribution in [-0.4, -0.2) is 25.2 Å². The van der Waals surface area contributed by atoms with E-state index in [0.717, 1.165) is 0 Å². The number of methoxy groups -OCH3 is 1. The van der Waals surface area contributed by atoms with Crippen molar-refractivity contribution in [3.05, 3.63) is 23.8 Å². The van der Waals surface area contributed by atoms with E-state index in [4.69, 9.17) is 18.0 Å². The zero-order chi connectivity index (χ0) is 12.1. The molecule has 0 saturated carbocycles. The van der Waals surface area contributed by atoms with Gasteiger partial charge in [0.15, 0.2) is 5.11 Å². The molecule has 0 radical (unpaired) electrons. The standard InChI is InChI=1S/C10H13N3O2S/c1-12-10(16)13-8-5-6(9(14)15-2)3-4-7(8)11/h3-5H,11H2,1-2H3,(H2,12,13,16). The number of benzene rings is 1. The molecule has 5 nitrogen and oxygen atoms in total. The van der Waals surface area contributed by atoms with Crippen molar-refractivity contribution in [3.63, 3.8) is 0 Å².